The normalized spacial score (nSPS) is 10.8. The van der Waals surface area contributed by atoms with E-state index in [4.69, 9.17) is 5.73 Å². The predicted molar refractivity (Wildman–Crippen MR) is 82.0 cm³/mol. The van der Waals surface area contributed by atoms with E-state index in [1.54, 1.807) is 0 Å². The molecule has 0 amide bonds. The van der Waals surface area contributed by atoms with Crippen molar-refractivity contribution in [1.29, 1.82) is 0 Å². The van der Waals surface area contributed by atoms with Gasteiger partial charge in [0.25, 0.3) is 0 Å². The van der Waals surface area contributed by atoms with Crippen LogP contribution in [0.3, 0.4) is 0 Å². The van der Waals surface area contributed by atoms with Crippen molar-refractivity contribution in [2.75, 3.05) is 0 Å². The van der Waals surface area contributed by atoms with Gasteiger partial charge in [0, 0.05) is 6.54 Å². The van der Waals surface area contributed by atoms with Gasteiger partial charge in [-0.25, -0.2) is 0 Å². The first kappa shape index (κ1) is 11.9. The number of fused-ring (bicyclic) bond motifs is 1. The van der Waals surface area contributed by atoms with Gasteiger partial charge in [-0.1, -0.05) is 60.7 Å². The van der Waals surface area contributed by atoms with Gasteiger partial charge in [-0.15, -0.1) is 0 Å². The Labute approximate surface area is 113 Å². The third kappa shape index (κ3) is 2.13. The first-order valence-electron chi connectivity index (χ1n) is 6.57. The quantitative estimate of drug-likeness (QED) is 0.719. The summed E-state index contributed by atoms with van der Waals surface area (Å²) in [7, 11) is 0. The maximum Gasteiger partial charge on any atom is 0.0178 e. The van der Waals surface area contributed by atoms with Crippen molar-refractivity contribution in [3.63, 3.8) is 0 Å². The van der Waals surface area contributed by atoms with Crippen LogP contribution in [-0.2, 0) is 6.54 Å². The van der Waals surface area contributed by atoms with Crippen LogP contribution in [0.1, 0.15) is 11.1 Å². The summed E-state index contributed by atoms with van der Waals surface area (Å²) in [5.74, 6) is 0. The molecule has 0 aliphatic carbocycles. The molecule has 0 heterocycles. The zero-order valence-electron chi connectivity index (χ0n) is 11.1. The lowest BCUT2D eigenvalue weighted by atomic mass is 9.94. The molecule has 2 N–H and O–H groups in total. The summed E-state index contributed by atoms with van der Waals surface area (Å²) in [4.78, 5) is 0. The molecule has 0 atom stereocenters. The van der Waals surface area contributed by atoms with Crippen LogP contribution < -0.4 is 5.73 Å². The van der Waals surface area contributed by atoms with E-state index in [9.17, 15) is 0 Å². The monoisotopic (exact) mass is 247 g/mol. The lowest BCUT2D eigenvalue weighted by molar-refractivity contribution is 1.07. The summed E-state index contributed by atoms with van der Waals surface area (Å²) < 4.78 is 0. The number of hydrogen-bond donors (Lipinski definition) is 1. The summed E-state index contributed by atoms with van der Waals surface area (Å²) in [6.07, 6.45) is 0. The molecular weight excluding hydrogens is 230 g/mol. The summed E-state index contributed by atoms with van der Waals surface area (Å²) in [6.45, 7) is 2.74. The first-order chi connectivity index (χ1) is 9.29. The van der Waals surface area contributed by atoms with Crippen molar-refractivity contribution < 1.29 is 0 Å². The molecule has 0 radical (unpaired) electrons. The van der Waals surface area contributed by atoms with E-state index in [0.29, 0.717) is 6.54 Å². The number of rotatable bonds is 2. The average Bonchev–Trinajstić information content (AvgIpc) is 2.46. The predicted octanol–water partition coefficient (Wildman–Crippen LogP) is 4.27. The van der Waals surface area contributed by atoms with Gasteiger partial charge in [0.15, 0.2) is 0 Å². The van der Waals surface area contributed by atoms with Crippen molar-refractivity contribution in [1.82, 2.24) is 0 Å². The molecule has 0 unspecified atom stereocenters. The molecule has 0 aliphatic heterocycles. The van der Waals surface area contributed by atoms with Crippen LogP contribution in [0, 0.1) is 6.92 Å². The van der Waals surface area contributed by atoms with Gasteiger partial charge in [-0.05, 0) is 39.9 Å². The van der Waals surface area contributed by atoms with E-state index in [1.165, 1.54) is 33.0 Å². The summed E-state index contributed by atoms with van der Waals surface area (Å²) in [5, 5.41) is 2.58. The van der Waals surface area contributed by atoms with Crippen molar-refractivity contribution in [3.05, 3.63) is 71.8 Å². The molecular formula is C18H17N. The highest BCUT2D eigenvalue weighted by atomic mass is 14.5. The first-order valence-corrected chi connectivity index (χ1v) is 6.57. The fraction of sp³-hybridized carbons (Fsp3) is 0.111. The Morgan fingerprint density at radius 1 is 0.842 bits per heavy atom. The van der Waals surface area contributed by atoms with Crippen molar-refractivity contribution in [2.45, 2.75) is 13.5 Å². The number of hydrogen-bond acceptors (Lipinski definition) is 1. The van der Waals surface area contributed by atoms with Crippen molar-refractivity contribution in [3.8, 4) is 11.1 Å². The maximum atomic E-state index is 5.70. The second-order valence-corrected chi connectivity index (χ2v) is 4.88. The minimum atomic E-state index is 0.594. The molecule has 94 valence electrons. The fourth-order valence-electron chi connectivity index (χ4n) is 2.62. The van der Waals surface area contributed by atoms with E-state index in [2.05, 4.69) is 67.6 Å². The highest BCUT2D eigenvalue weighted by Gasteiger charge is 2.06. The molecule has 0 aromatic heterocycles. The van der Waals surface area contributed by atoms with Crippen LogP contribution in [0.25, 0.3) is 21.9 Å². The number of benzene rings is 3. The molecule has 3 rings (SSSR count). The second-order valence-electron chi connectivity index (χ2n) is 4.88. The van der Waals surface area contributed by atoms with Crippen LogP contribution in [0.5, 0.6) is 0 Å². The fourth-order valence-corrected chi connectivity index (χ4v) is 2.62. The van der Waals surface area contributed by atoms with Gasteiger partial charge in [0.05, 0.1) is 0 Å². The zero-order valence-corrected chi connectivity index (χ0v) is 11.1. The summed E-state index contributed by atoms with van der Waals surface area (Å²) in [6, 6.07) is 21.4. The lowest BCUT2D eigenvalue weighted by Gasteiger charge is -2.11. The molecule has 0 bridgehead atoms. The molecule has 3 aromatic rings. The number of nitrogens with two attached hydrogens (primary N) is 1. The molecule has 3 aromatic carbocycles. The minimum absolute atomic E-state index is 0.594. The minimum Gasteiger partial charge on any atom is -0.326 e. The molecule has 1 nitrogen and oxygen atoms in total. The van der Waals surface area contributed by atoms with Crippen LogP contribution in [0.4, 0.5) is 0 Å². The molecule has 19 heavy (non-hydrogen) atoms. The Morgan fingerprint density at radius 3 is 2.42 bits per heavy atom. The van der Waals surface area contributed by atoms with Gasteiger partial charge >= 0.3 is 0 Å². The summed E-state index contributed by atoms with van der Waals surface area (Å²) >= 11 is 0. The largest absolute Gasteiger partial charge is 0.326 e. The van der Waals surface area contributed by atoms with E-state index in [0.717, 1.165) is 0 Å². The Bertz CT molecular complexity index is 723. The van der Waals surface area contributed by atoms with Crippen molar-refractivity contribution in [2.24, 2.45) is 5.73 Å². The van der Waals surface area contributed by atoms with E-state index in [1.807, 2.05) is 0 Å². The molecule has 0 spiro atoms. The molecule has 0 saturated carbocycles. The third-order valence-electron chi connectivity index (χ3n) is 3.61. The Kier molecular flexibility index (Phi) is 3.06. The Balaban J connectivity index is 2.24. The molecule has 1 heteroatoms. The smallest absolute Gasteiger partial charge is 0.0178 e. The Hall–Kier alpha value is -2.12. The van der Waals surface area contributed by atoms with Gasteiger partial charge in [0.1, 0.15) is 0 Å². The molecule has 0 fully saturated rings. The third-order valence-corrected chi connectivity index (χ3v) is 3.61. The SMILES string of the molecule is Cc1cc(CN)ccc1-c1cccc2ccccc12. The topological polar surface area (TPSA) is 26.0 Å². The number of aryl methyl sites for hydroxylation is 1. The zero-order chi connectivity index (χ0) is 13.2. The van der Waals surface area contributed by atoms with Crippen LogP contribution in [0.2, 0.25) is 0 Å². The Morgan fingerprint density at radius 2 is 1.63 bits per heavy atom. The van der Waals surface area contributed by atoms with E-state index < -0.39 is 0 Å². The van der Waals surface area contributed by atoms with Crippen LogP contribution >= 0.6 is 0 Å². The van der Waals surface area contributed by atoms with E-state index >= 15 is 0 Å². The summed E-state index contributed by atoms with van der Waals surface area (Å²) in [5.41, 5.74) is 10.7. The highest BCUT2D eigenvalue weighted by Crippen LogP contribution is 2.31. The van der Waals surface area contributed by atoms with Gasteiger partial charge in [-0.2, -0.15) is 0 Å². The maximum absolute atomic E-state index is 5.70. The van der Waals surface area contributed by atoms with Gasteiger partial charge in [-0.3, -0.25) is 0 Å². The molecule has 0 saturated heterocycles. The van der Waals surface area contributed by atoms with E-state index in [-0.39, 0.29) is 0 Å². The average molecular weight is 247 g/mol. The molecule has 0 aliphatic rings. The van der Waals surface area contributed by atoms with Gasteiger partial charge < -0.3 is 5.73 Å². The van der Waals surface area contributed by atoms with Crippen molar-refractivity contribution >= 4 is 10.8 Å². The second kappa shape index (κ2) is 4.87. The van der Waals surface area contributed by atoms with Crippen LogP contribution in [0.15, 0.2) is 60.7 Å². The highest BCUT2D eigenvalue weighted by molar-refractivity contribution is 5.97. The lowest BCUT2D eigenvalue weighted by Crippen LogP contribution is -1.97. The standard InChI is InChI=1S/C18H17N/c1-13-11-14(12-19)9-10-16(13)18-8-4-6-15-5-2-3-7-17(15)18/h2-11H,12,19H2,1H3. The van der Waals surface area contributed by atoms with Crippen LogP contribution in [-0.4, -0.2) is 0 Å². The van der Waals surface area contributed by atoms with Gasteiger partial charge in [0.2, 0.25) is 0 Å².